The van der Waals surface area contributed by atoms with Crippen molar-refractivity contribution in [3.05, 3.63) is 34.9 Å². The van der Waals surface area contributed by atoms with Crippen LogP contribution in [0.5, 0.6) is 0 Å². The quantitative estimate of drug-likeness (QED) is 0.847. The minimum atomic E-state index is -0.0736. The van der Waals surface area contributed by atoms with Crippen LogP contribution >= 0.6 is 11.6 Å². The molecule has 2 N–H and O–H groups in total. The van der Waals surface area contributed by atoms with E-state index in [0.29, 0.717) is 11.6 Å². The van der Waals surface area contributed by atoms with E-state index in [9.17, 15) is 4.79 Å². The molecule has 0 aliphatic carbocycles. The lowest BCUT2D eigenvalue weighted by molar-refractivity contribution is -0.125. The first-order valence-corrected chi connectivity index (χ1v) is 6.13. The third-order valence-electron chi connectivity index (χ3n) is 2.69. The van der Waals surface area contributed by atoms with Crippen molar-refractivity contribution in [2.75, 3.05) is 13.6 Å². The fourth-order valence-corrected chi connectivity index (χ4v) is 1.96. The normalized spacial score (nSPS) is 14.1. The van der Waals surface area contributed by atoms with E-state index in [0.717, 1.165) is 5.56 Å². The van der Waals surface area contributed by atoms with Crippen LogP contribution in [0, 0.1) is 5.92 Å². The summed E-state index contributed by atoms with van der Waals surface area (Å²) in [6.07, 6.45) is 0. The van der Waals surface area contributed by atoms with Crippen LogP contribution in [0.25, 0.3) is 0 Å². The van der Waals surface area contributed by atoms with Gasteiger partial charge >= 0.3 is 0 Å². The molecule has 0 aromatic heterocycles. The van der Waals surface area contributed by atoms with Crippen LogP contribution in [0.15, 0.2) is 24.3 Å². The van der Waals surface area contributed by atoms with Gasteiger partial charge < -0.3 is 10.6 Å². The maximum Gasteiger partial charge on any atom is 0.224 e. The first-order chi connectivity index (χ1) is 8.06. The molecule has 0 saturated heterocycles. The van der Waals surface area contributed by atoms with Gasteiger partial charge in [0.1, 0.15) is 0 Å². The van der Waals surface area contributed by atoms with Crippen molar-refractivity contribution in [1.82, 2.24) is 10.6 Å². The summed E-state index contributed by atoms with van der Waals surface area (Å²) in [7, 11) is 1.83. The minimum absolute atomic E-state index is 0.0340. The zero-order valence-electron chi connectivity index (χ0n) is 10.5. The number of halogens is 1. The summed E-state index contributed by atoms with van der Waals surface area (Å²) in [5, 5.41) is 6.63. The summed E-state index contributed by atoms with van der Waals surface area (Å²) < 4.78 is 0. The summed E-state index contributed by atoms with van der Waals surface area (Å²) in [5.41, 5.74) is 0.944. The second-order valence-electron chi connectivity index (χ2n) is 4.21. The number of hydrogen-bond acceptors (Lipinski definition) is 2. The van der Waals surface area contributed by atoms with Gasteiger partial charge in [-0.15, -0.1) is 0 Å². The van der Waals surface area contributed by atoms with E-state index in [2.05, 4.69) is 10.6 Å². The Labute approximate surface area is 108 Å². The summed E-state index contributed by atoms with van der Waals surface area (Å²) in [5.74, 6) is -0.0169. The van der Waals surface area contributed by atoms with E-state index in [1.807, 2.05) is 45.2 Å². The molecule has 0 aliphatic heterocycles. The highest BCUT2D eigenvalue weighted by molar-refractivity contribution is 6.31. The van der Waals surface area contributed by atoms with Gasteiger partial charge in [0.05, 0.1) is 6.04 Å². The Morgan fingerprint density at radius 2 is 2.00 bits per heavy atom. The fourth-order valence-electron chi connectivity index (χ4n) is 1.66. The number of carbonyl (C=O) groups is 1. The second kappa shape index (κ2) is 6.62. The average molecular weight is 255 g/mol. The van der Waals surface area contributed by atoms with Gasteiger partial charge in [-0.05, 0) is 25.6 Å². The Kier molecular flexibility index (Phi) is 5.45. The molecule has 0 aliphatic rings. The Morgan fingerprint density at radius 3 is 2.59 bits per heavy atom. The molecule has 4 heteroatoms. The Bertz CT molecular complexity index is 381. The van der Waals surface area contributed by atoms with Crippen LogP contribution in [0.4, 0.5) is 0 Å². The van der Waals surface area contributed by atoms with E-state index >= 15 is 0 Å². The molecule has 0 radical (unpaired) electrons. The summed E-state index contributed by atoms with van der Waals surface area (Å²) in [4.78, 5) is 11.8. The smallest absolute Gasteiger partial charge is 0.224 e. The van der Waals surface area contributed by atoms with Crippen molar-refractivity contribution in [2.45, 2.75) is 19.9 Å². The van der Waals surface area contributed by atoms with Crippen molar-refractivity contribution in [1.29, 1.82) is 0 Å². The number of rotatable bonds is 5. The lowest BCUT2D eigenvalue weighted by atomic mass is 10.1. The summed E-state index contributed by atoms with van der Waals surface area (Å²) >= 11 is 6.08. The molecule has 17 heavy (non-hydrogen) atoms. The molecular formula is C13H19ClN2O. The van der Waals surface area contributed by atoms with Gasteiger partial charge in [-0.1, -0.05) is 36.7 Å². The summed E-state index contributed by atoms with van der Waals surface area (Å²) in [6.45, 7) is 4.50. The molecule has 2 atom stereocenters. The largest absolute Gasteiger partial charge is 0.349 e. The van der Waals surface area contributed by atoms with Gasteiger partial charge in [-0.2, -0.15) is 0 Å². The van der Waals surface area contributed by atoms with Crippen molar-refractivity contribution in [3.63, 3.8) is 0 Å². The maximum atomic E-state index is 11.8. The van der Waals surface area contributed by atoms with Crippen molar-refractivity contribution >= 4 is 17.5 Å². The van der Waals surface area contributed by atoms with Crippen molar-refractivity contribution in [3.8, 4) is 0 Å². The standard InChI is InChI=1S/C13H19ClN2O/c1-9(8-15-3)13(17)16-10(2)11-6-4-5-7-12(11)14/h4-7,9-10,15H,8H2,1-3H3,(H,16,17)/t9?,10-/m0/s1. The van der Waals surface area contributed by atoms with E-state index in [1.165, 1.54) is 0 Å². The number of nitrogens with one attached hydrogen (secondary N) is 2. The van der Waals surface area contributed by atoms with Gasteiger partial charge in [0, 0.05) is 17.5 Å². The van der Waals surface area contributed by atoms with E-state index in [-0.39, 0.29) is 17.9 Å². The topological polar surface area (TPSA) is 41.1 Å². The molecule has 1 amide bonds. The van der Waals surface area contributed by atoms with Crippen LogP contribution in [-0.2, 0) is 4.79 Å². The number of amides is 1. The third-order valence-corrected chi connectivity index (χ3v) is 3.03. The van der Waals surface area contributed by atoms with E-state index in [1.54, 1.807) is 0 Å². The van der Waals surface area contributed by atoms with Gasteiger partial charge in [0.25, 0.3) is 0 Å². The highest BCUT2D eigenvalue weighted by atomic mass is 35.5. The van der Waals surface area contributed by atoms with E-state index in [4.69, 9.17) is 11.6 Å². The molecule has 0 fully saturated rings. The Balaban J connectivity index is 2.63. The maximum absolute atomic E-state index is 11.8. The van der Waals surface area contributed by atoms with E-state index < -0.39 is 0 Å². The molecule has 0 heterocycles. The van der Waals surface area contributed by atoms with Crippen molar-refractivity contribution < 1.29 is 4.79 Å². The summed E-state index contributed by atoms with van der Waals surface area (Å²) in [6, 6.07) is 7.48. The first-order valence-electron chi connectivity index (χ1n) is 5.75. The molecule has 3 nitrogen and oxygen atoms in total. The molecule has 0 saturated carbocycles. The van der Waals surface area contributed by atoms with Gasteiger partial charge in [0.15, 0.2) is 0 Å². The highest BCUT2D eigenvalue weighted by Crippen LogP contribution is 2.22. The monoisotopic (exact) mass is 254 g/mol. The average Bonchev–Trinajstić information content (AvgIpc) is 2.29. The SMILES string of the molecule is CNCC(C)C(=O)N[C@@H](C)c1ccccc1Cl. The molecule has 1 aromatic rings. The predicted molar refractivity (Wildman–Crippen MR) is 71.1 cm³/mol. The second-order valence-corrected chi connectivity index (χ2v) is 4.62. The molecule has 0 spiro atoms. The van der Waals surface area contributed by atoms with Gasteiger partial charge in [-0.3, -0.25) is 4.79 Å². The Morgan fingerprint density at radius 1 is 1.35 bits per heavy atom. The van der Waals surface area contributed by atoms with Crippen LogP contribution in [0.3, 0.4) is 0 Å². The van der Waals surface area contributed by atoms with Crippen LogP contribution in [-0.4, -0.2) is 19.5 Å². The molecular weight excluding hydrogens is 236 g/mol. The number of benzene rings is 1. The van der Waals surface area contributed by atoms with Gasteiger partial charge in [-0.25, -0.2) is 0 Å². The predicted octanol–water partition coefficient (Wildman–Crippen LogP) is 2.37. The number of carbonyl (C=O) groups excluding carboxylic acids is 1. The lowest BCUT2D eigenvalue weighted by Crippen LogP contribution is -2.35. The third kappa shape index (κ3) is 4.02. The van der Waals surface area contributed by atoms with Crippen molar-refractivity contribution in [2.24, 2.45) is 5.92 Å². The molecule has 94 valence electrons. The van der Waals surface area contributed by atoms with Gasteiger partial charge in [0.2, 0.25) is 5.91 Å². The zero-order chi connectivity index (χ0) is 12.8. The molecule has 1 unspecified atom stereocenters. The Hall–Kier alpha value is -1.06. The first kappa shape index (κ1) is 14.0. The zero-order valence-corrected chi connectivity index (χ0v) is 11.2. The lowest BCUT2D eigenvalue weighted by Gasteiger charge is -2.18. The minimum Gasteiger partial charge on any atom is -0.349 e. The van der Waals surface area contributed by atoms with Crippen LogP contribution in [0.2, 0.25) is 5.02 Å². The molecule has 1 rings (SSSR count). The molecule has 0 bridgehead atoms. The number of hydrogen-bond donors (Lipinski definition) is 2. The molecule has 1 aromatic carbocycles. The van der Waals surface area contributed by atoms with Crippen LogP contribution in [0.1, 0.15) is 25.5 Å². The van der Waals surface area contributed by atoms with Crippen LogP contribution < -0.4 is 10.6 Å². The fraction of sp³-hybridized carbons (Fsp3) is 0.462. The highest BCUT2D eigenvalue weighted by Gasteiger charge is 2.16.